The predicted molar refractivity (Wildman–Crippen MR) is 159 cm³/mol. The van der Waals surface area contributed by atoms with Crippen molar-refractivity contribution in [3.8, 4) is 11.4 Å². The molecule has 0 fully saturated rings. The minimum Gasteiger partial charge on any atom is -0.491 e. The van der Waals surface area contributed by atoms with Gasteiger partial charge in [0.25, 0.3) is 11.8 Å². The van der Waals surface area contributed by atoms with Gasteiger partial charge in [0, 0.05) is 18.7 Å². The second kappa shape index (κ2) is 11.8. The zero-order valence-electron chi connectivity index (χ0n) is 22.9. The van der Waals surface area contributed by atoms with Crippen LogP contribution in [0.5, 0.6) is 5.75 Å². The fourth-order valence-corrected chi connectivity index (χ4v) is 5.25. The first-order valence-corrected chi connectivity index (χ1v) is 14.1. The molecule has 2 heterocycles. The highest BCUT2D eigenvalue weighted by Gasteiger charge is 2.32. The van der Waals surface area contributed by atoms with Crippen LogP contribution in [-0.4, -0.2) is 38.5 Å². The molecule has 212 valence electrons. The summed E-state index contributed by atoms with van der Waals surface area (Å²) >= 11 is 12.2. The molecule has 1 aliphatic rings. The summed E-state index contributed by atoms with van der Waals surface area (Å²) in [6.45, 7) is 6.34. The van der Waals surface area contributed by atoms with Crippen molar-refractivity contribution in [2.24, 2.45) is 0 Å². The summed E-state index contributed by atoms with van der Waals surface area (Å²) in [5.74, 6) is -0.0318. The SMILES string of the molecule is CC(C)Oc1ccc(-n2c(C(=O)NC(C)c3ccccc3)c3n(c2=O)CCN(C(=O)c2ccc(Cl)c(Cl)c2)C3)cc1. The summed E-state index contributed by atoms with van der Waals surface area (Å²) < 4.78 is 8.74. The largest absolute Gasteiger partial charge is 0.491 e. The van der Waals surface area contributed by atoms with E-state index in [1.807, 2.05) is 51.1 Å². The van der Waals surface area contributed by atoms with Crippen LogP contribution in [-0.2, 0) is 13.1 Å². The minimum absolute atomic E-state index is 0.00905. The first-order chi connectivity index (χ1) is 19.6. The van der Waals surface area contributed by atoms with Gasteiger partial charge in [-0.25, -0.2) is 4.79 Å². The topological polar surface area (TPSA) is 85.6 Å². The molecule has 2 amide bonds. The van der Waals surface area contributed by atoms with E-state index in [4.69, 9.17) is 27.9 Å². The maximum Gasteiger partial charge on any atom is 0.333 e. The van der Waals surface area contributed by atoms with Crippen LogP contribution in [0.25, 0.3) is 5.69 Å². The van der Waals surface area contributed by atoms with Crippen LogP contribution in [0.3, 0.4) is 0 Å². The van der Waals surface area contributed by atoms with Crippen molar-refractivity contribution in [2.75, 3.05) is 6.54 Å². The summed E-state index contributed by atoms with van der Waals surface area (Å²) in [5, 5.41) is 3.67. The van der Waals surface area contributed by atoms with Gasteiger partial charge in [0.15, 0.2) is 0 Å². The second-order valence-electron chi connectivity index (χ2n) is 10.2. The summed E-state index contributed by atoms with van der Waals surface area (Å²) in [6.07, 6.45) is -0.00905. The summed E-state index contributed by atoms with van der Waals surface area (Å²) in [7, 11) is 0. The van der Waals surface area contributed by atoms with Crippen molar-refractivity contribution < 1.29 is 14.3 Å². The molecule has 1 unspecified atom stereocenters. The average molecular weight is 594 g/mol. The van der Waals surface area contributed by atoms with E-state index in [2.05, 4.69) is 5.32 Å². The van der Waals surface area contributed by atoms with E-state index in [9.17, 15) is 14.4 Å². The van der Waals surface area contributed by atoms with Crippen molar-refractivity contribution in [3.63, 3.8) is 0 Å². The highest BCUT2D eigenvalue weighted by molar-refractivity contribution is 6.42. The predicted octanol–water partition coefficient (Wildman–Crippen LogP) is 5.88. The lowest BCUT2D eigenvalue weighted by Crippen LogP contribution is -2.41. The van der Waals surface area contributed by atoms with Crippen LogP contribution < -0.4 is 15.7 Å². The third-order valence-electron chi connectivity index (χ3n) is 6.96. The maximum atomic E-state index is 13.9. The molecule has 10 heteroatoms. The van der Waals surface area contributed by atoms with Gasteiger partial charge in [-0.2, -0.15) is 0 Å². The number of hydrogen-bond donors (Lipinski definition) is 1. The van der Waals surface area contributed by atoms with Crippen LogP contribution in [0, 0.1) is 0 Å². The molecule has 0 spiro atoms. The fraction of sp³-hybridized carbons (Fsp3) is 0.258. The van der Waals surface area contributed by atoms with Crippen molar-refractivity contribution in [1.82, 2.24) is 19.4 Å². The Balaban J connectivity index is 1.55. The normalized spacial score (nSPS) is 13.6. The van der Waals surface area contributed by atoms with Crippen molar-refractivity contribution in [1.29, 1.82) is 0 Å². The molecule has 8 nitrogen and oxygen atoms in total. The molecule has 1 aromatic heterocycles. The quantitative estimate of drug-likeness (QED) is 0.290. The molecule has 1 N–H and O–H groups in total. The number of carbonyl (C=O) groups excluding carboxylic acids is 2. The Bertz CT molecular complexity index is 1650. The van der Waals surface area contributed by atoms with E-state index >= 15 is 0 Å². The lowest BCUT2D eigenvalue weighted by Gasteiger charge is -2.28. The van der Waals surface area contributed by atoms with Gasteiger partial charge < -0.3 is 15.0 Å². The third-order valence-corrected chi connectivity index (χ3v) is 7.70. The number of nitrogens with one attached hydrogen (secondary N) is 1. The Kier molecular flexibility index (Phi) is 8.24. The average Bonchev–Trinajstić information content (AvgIpc) is 3.26. The van der Waals surface area contributed by atoms with E-state index in [-0.39, 0.29) is 47.5 Å². The molecule has 5 rings (SSSR count). The zero-order valence-corrected chi connectivity index (χ0v) is 24.4. The number of benzene rings is 3. The number of halogens is 2. The number of imidazole rings is 1. The molecule has 0 radical (unpaired) electrons. The molecule has 0 saturated carbocycles. The molecule has 1 aliphatic heterocycles. The third kappa shape index (κ3) is 5.89. The van der Waals surface area contributed by atoms with Gasteiger partial charge in [0.1, 0.15) is 11.4 Å². The maximum absolute atomic E-state index is 13.9. The molecule has 0 saturated heterocycles. The van der Waals surface area contributed by atoms with E-state index in [1.165, 1.54) is 10.6 Å². The Labute approximate surface area is 248 Å². The van der Waals surface area contributed by atoms with Gasteiger partial charge in [-0.05, 0) is 68.8 Å². The first-order valence-electron chi connectivity index (χ1n) is 13.4. The lowest BCUT2D eigenvalue weighted by molar-refractivity contribution is 0.0706. The number of ether oxygens (including phenoxy) is 1. The van der Waals surface area contributed by atoms with Crippen LogP contribution in [0.2, 0.25) is 10.0 Å². The lowest BCUT2D eigenvalue weighted by atomic mass is 10.1. The van der Waals surface area contributed by atoms with Gasteiger partial charge >= 0.3 is 5.69 Å². The summed E-state index contributed by atoms with van der Waals surface area (Å²) in [6, 6.07) is 21.0. The molecule has 0 bridgehead atoms. The number of aromatic nitrogens is 2. The molecule has 3 aromatic carbocycles. The van der Waals surface area contributed by atoms with E-state index in [1.54, 1.807) is 45.9 Å². The van der Waals surface area contributed by atoms with Crippen molar-refractivity contribution in [3.05, 3.63) is 116 Å². The summed E-state index contributed by atoms with van der Waals surface area (Å²) in [4.78, 5) is 42.7. The van der Waals surface area contributed by atoms with E-state index < -0.39 is 5.91 Å². The number of nitrogens with zero attached hydrogens (tertiary/aromatic N) is 3. The number of amides is 2. The Hall–Kier alpha value is -4.01. The number of hydrogen-bond acceptors (Lipinski definition) is 4. The summed E-state index contributed by atoms with van der Waals surface area (Å²) in [5.41, 5.74) is 2.11. The van der Waals surface area contributed by atoms with Crippen LogP contribution in [0.1, 0.15) is 58.9 Å². The molecular weight excluding hydrogens is 563 g/mol. The smallest absolute Gasteiger partial charge is 0.333 e. The van der Waals surface area contributed by atoms with Crippen LogP contribution in [0.4, 0.5) is 0 Å². The highest BCUT2D eigenvalue weighted by atomic mass is 35.5. The van der Waals surface area contributed by atoms with Gasteiger partial charge in [0.05, 0.1) is 40.1 Å². The van der Waals surface area contributed by atoms with Crippen molar-refractivity contribution >= 4 is 35.0 Å². The molecule has 4 aromatic rings. The number of rotatable bonds is 7. The van der Waals surface area contributed by atoms with Gasteiger partial charge in [-0.1, -0.05) is 53.5 Å². The highest BCUT2D eigenvalue weighted by Crippen LogP contribution is 2.26. The van der Waals surface area contributed by atoms with Gasteiger partial charge in [-0.15, -0.1) is 0 Å². The monoisotopic (exact) mass is 592 g/mol. The first kappa shape index (κ1) is 28.5. The molecule has 1 atom stereocenters. The van der Waals surface area contributed by atoms with Crippen LogP contribution >= 0.6 is 23.2 Å². The van der Waals surface area contributed by atoms with Gasteiger partial charge in [-0.3, -0.25) is 18.7 Å². The van der Waals surface area contributed by atoms with Gasteiger partial charge in [0.2, 0.25) is 0 Å². The Morgan fingerprint density at radius 3 is 2.27 bits per heavy atom. The van der Waals surface area contributed by atoms with Crippen molar-refractivity contribution in [2.45, 2.75) is 46.0 Å². The van der Waals surface area contributed by atoms with E-state index in [0.29, 0.717) is 34.3 Å². The second-order valence-corrected chi connectivity index (χ2v) is 11.0. The van der Waals surface area contributed by atoms with E-state index in [0.717, 1.165) is 5.56 Å². The zero-order chi connectivity index (χ0) is 29.3. The fourth-order valence-electron chi connectivity index (χ4n) is 4.95. The molecule has 41 heavy (non-hydrogen) atoms. The molecule has 0 aliphatic carbocycles. The number of fused-ring (bicyclic) bond motifs is 1. The minimum atomic E-state index is -0.418. The Morgan fingerprint density at radius 1 is 0.902 bits per heavy atom. The number of carbonyl (C=O) groups is 2. The molecular formula is C31H30Cl2N4O4. The van der Waals surface area contributed by atoms with Crippen LogP contribution in [0.15, 0.2) is 77.6 Å². The Morgan fingerprint density at radius 2 is 1.61 bits per heavy atom. The standard InChI is InChI=1S/C31H30Cl2N4O4/c1-19(2)41-24-12-10-23(11-13-24)37-28(29(38)34-20(3)21-7-5-4-6-8-21)27-18-35(15-16-36(27)31(37)40)30(39)22-9-14-25(32)26(33)17-22/h4-14,17,19-20H,15-16,18H2,1-3H3,(H,34,38).